The lowest BCUT2D eigenvalue weighted by atomic mass is 10.3. The van der Waals surface area contributed by atoms with Crippen molar-refractivity contribution in [2.45, 2.75) is 25.3 Å². The minimum Gasteiger partial charge on any atom is -0.428 e. The summed E-state index contributed by atoms with van der Waals surface area (Å²) in [6.45, 7) is 3.76. The van der Waals surface area contributed by atoms with E-state index in [0.717, 1.165) is 5.56 Å². The predicted octanol–water partition coefficient (Wildman–Crippen LogP) is 2.81. The van der Waals surface area contributed by atoms with Crippen LogP contribution in [-0.4, -0.2) is 24.4 Å². The first-order chi connectivity index (χ1) is 13.3. The second-order valence-corrected chi connectivity index (χ2v) is 7.64. The third-order valence-electron chi connectivity index (χ3n) is 3.88. The van der Waals surface area contributed by atoms with Gasteiger partial charge in [0.2, 0.25) is 0 Å². The first kappa shape index (κ1) is 19.4. The van der Waals surface area contributed by atoms with Crippen molar-refractivity contribution in [3.05, 3.63) is 65.8 Å². The van der Waals surface area contributed by atoms with Gasteiger partial charge < -0.3 is 15.1 Å². The van der Waals surface area contributed by atoms with Gasteiger partial charge in [-0.25, -0.2) is 17.9 Å². The molecule has 0 saturated heterocycles. The van der Waals surface area contributed by atoms with Crippen LogP contribution in [0.15, 0.2) is 58.1 Å². The van der Waals surface area contributed by atoms with Crippen LogP contribution in [0.5, 0.6) is 0 Å². The molecule has 2 amide bonds. The van der Waals surface area contributed by atoms with E-state index in [9.17, 15) is 13.2 Å². The van der Waals surface area contributed by atoms with Gasteiger partial charge in [0.25, 0.3) is 10.0 Å². The van der Waals surface area contributed by atoms with Gasteiger partial charge in [0.05, 0.1) is 10.6 Å². The van der Waals surface area contributed by atoms with Gasteiger partial charge in [-0.15, -0.1) is 0 Å². The van der Waals surface area contributed by atoms with Crippen LogP contribution in [0.1, 0.15) is 17.0 Å². The molecule has 0 unspecified atom stereocenters. The Balaban J connectivity index is 1.60. The largest absolute Gasteiger partial charge is 0.428 e. The molecule has 0 radical (unpaired) electrons. The molecule has 146 valence electrons. The zero-order chi connectivity index (χ0) is 20.1. The van der Waals surface area contributed by atoms with E-state index in [2.05, 4.69) is 25.3 Å². The smallest absolute Gasteiger partial charge is 0.319 e. The second kappa shape index (κ2) is 8.09. The Morgan fingerprint density at radius 3 is 2.36 bits per heavy atom. The summed E-state index contributed by atoms with van der Waals surface area (Å²) in [6.07, 6.45) is 3.28. The maximum Gasteiger partial charge on any atom is 0.319 e. The van der Waals surface area contributed by atoms with Crippen molar-refractivity contribution >= 4 is 27.8 Å². The first-order valence-corrected chi connectivity index (χ1v) is 9.82. The third kappa shape index (κ3) is 4.86. The Morgan fingerprint density at radius 2 is 1.75 bits per heavy atom. The maximum atomic E-state index is 12.4. The summed E-state index contributed by atoms with van der Waals surface area (Å²) >= 11 is 0. The quantitative estimate of drug-likeness (QED) is 0.583. The lowest BCUT2D eigenvalue weighted by Crippen LogP contribution is -2.28. The van der Waals surface area contributed by atoms with E-state index in [1.54, 1.807) is 38.4 Å². The molecule has 3 N–H and O–H groups in total. The Hall–Kier alpha value is -3.40. The zero-order valence-corrected chi connectivity index (χ0v) is 16.1. The highest BCUT2D eigenvalue weighted by Crippen LogP contribution is 2.19. The van der Waals surface area contributed by atoms with E-state index in [0.29, 0.717) is 23.7 Å². The maximum absolute atomic E-state index is 12.4. The van der Waals surface area contributed by atoms with Crippen molar-refractivity contribution in [1.82, 2.24) is 15.3 Å². The molecule has 0 fully saturated rings. The van der Waals surface area contributed by atoms with Gasteiger partial charge in [-0.2, -0.15) is 4.98 Å². The Labute approximate surface area is 162 Å². The van der Waals surface area contributed by atoms with Crippen LogP contribution in [0.3, 0.4) is 0 Å². The van der Waals surface area contributed by atoms with Gasteiger partial charge >= 0.3 is 12.0 Å². The van der Waals surface area contributed by atoms with E-state index >= 15 is 0 Å². The molecule has 0 atom stereocenters. The van der Waals surface area contributed by atoms with Crippen LogP contribution in [0.2, 0.25) is 0 Å². The number of pyridine rings is 1. The number of hydrogen-bond donors (Lipinski definition) is 3. The van der Waals surface area contributed by atoms with Crippen LogP contribution < -0.4 is 15.4 Å². The normalized spacial score (nSPS) is 11.1. The van der Waals surface area contributed by atoms with Crippen molar-refractivity contribution in [2.75, 3.05) is 10.0 Å². The summed E-state index contributed by atoms with van der Waals surface area (Å²) in [6, 6.07) is 8.84. The number of benzene rings is 1. The molecule has 0 aliphatic heterocycles. The number of carbonyl (C=O) groups is 1. The molecule has 9 nitrogen and oxygen atoms in total. The molecule has 2 aromatic heterocycles. The summed E-state index contributed by atoms with van der Waals surface area (Å²) in [5.74, 6) is 0.537. The topological polar surface area (TPSA) is 126 Å². The Bertz CT molecular complexity index is 1040. The molecule has 0 aliphatic carbocycles. The molecule has 0 spiro atoms. The van der Waals surface area contributed by atoms with Crippen molar-refractivity contribution in [2.24, 2.45) is 0 Å². The molecule has 3 aromatic rings. The molecule has 2 heterocycles. The van der Waals surface area contributed by atoms with Gasteiger partial charge in [-0.3, -0.25) is 4.98 Å². The minimum atomic E-state index is -3.85. The highest BCUT2D eigenvalue weighted by Gasteiger charge is 2.18. The summed E-state index contributed by atoms with van der Waals surface area (Å²) in [5.41, 5.74) is 1.97. The molecule has 3 rings (SSSR count). The molecular weight excluding hydrogens is 382 g/mol. The predicted molar refractivity (Wildman–Crippen MR) is 103 cm³/mol. The monoisotopic (exact) mass is 401 g/mol. The van der Waals surface area contributed by atoms with Gasteiger partial charge in [-0.05, 0) is 55.8 Å². The molecular formula is C18H19N5O4S. The molecule has 1 aromatic carbocycles. The van der Waals surface area contributed by atoms with Crippen LogP contribution >= 0.6 is 0 Å². The number of sulfonamides is 1. The van der Waals surface area contributed by atoms with Gasteiger partial charge in [-0.1, -0.05) is 0 Å². The third-order valence-corrected chi connectivity index (χ3v) is 5.21. The Morgan fingerprint density at radius 1 is 1.07 bits per heavy atom. The average molecular weight is 401 g/mol. The lowest BCUT2D eigenvalue weighted by molar-refractivity contribution is 0.251. The van der Waals surface area contributed by atoms with E-state index in [-0.39, 0.29) is 10.9 Å². The second-order valence-electron chi connectivity index (χ2n) is 5.95. The number of rotatable bonds is 6. The zero-order valence-electron chi connectivity index (χ0n) is 15.3. The van der Waals surface area contributed by atoms with Crippen molar-refractivity contribution < 1.29 is 17.6 Å². The number of nitrogens with one attached hydrogen (secondary N) is 3. The van der Waals surface area contributed by atoms with Crippen molar-refractivity contribution in [3.63, 3.8) is 0 Å². The summed E-state index contributed by atoms with van der Waals surface area (Å²) in [4.78, 5) is 19.9. The number of carbonyl (C=O) groups excluding carboxylic acids is 1. The SMILES string of the molecule is Cc1nc(NS(=O)(=O)c2ccc(NC(=O)NCc3ccncc3)cc2)oc1C. The van der Waals surface area contributed by atoms with E-state index in [4.69, 9.17) is 4.42 Å². The summed E-state index contributed by atoms with van der Waals surface area (Å²) in [5, 5.41) is 5.34. The number of hydrogen-bond acceptors (Lipinski definition) is 6. The van der Waals surface area contributed by atoms with Gasteiger partial charge in [0.1, 0.15) is 5.76 Å². The van der Waals surface area contributed by atoms with Gasteiger partial charge in [0.15, 0.2) is 0 Å². The average Bonchev–Trinajstić information content (AvgIpc) is 2.98. The van der Waals surface area contributed by atoms with Crippen molar-refractivity contribution in [3.8, 4) is 0 Å². The van der Waals surface area contributed by atoms with E-state index in [1.165, 1.54) is 24.3 Å². The van der Waals surface area contributed by atoms with Crippen LogP contribution in [0, 0.1) is 13.8 Å². The number of urea groups is 1. The number of oxazole rings is 1. The fourth-order valence-corrected chi connectivity index (χ4v) is 3.20. The number of aryl methyl sites for hydroxylation is 2. The number of anilines is 2. The van der Waals surface area contributed by atoms with E-state index < -0.39 is 16.1 Å². The first-order valence-electron chi connectivity index (χ1n) is 8.34. The Kier molecular flexibility index (Phi) is 5.59. The molecule has 10 heteroatoms. The van der Waals surface area contributed by atoms with Crippen LogP contribution in [0.25, 0.3) is 0 Å². The molecule has 0 aliphatic rings. The van der Waals surface area contributed by atoms with Crippen LogP contribution in [-0.2, 0) is 16.6 Å². The lowest BCUT2D eigenvalue weighted by Gasteiger charge is -2.09. The molecule has 28 heavy (non-hydrogen) atoms. The molecule has 0 bridgehead atoms. The fourth-order valence-electron chi connectivity index (χ4n) is 2.27. The highest BCUT2D eigenvalue weighted by atomic mass is 32.2. The summed E-state index contributed by atoms with van der Waals surface area (Å²) in [7, 11) is -3.85. The van der Waals surface area contributed by atoms with Gasteiger partial charge in [0, 0.05) is 24.6 Å². The number of nitrogens with zero attached hydrogens (tertiary/aromatic N) is 2. The number of amides is 2. The molecule has 0 saturated carbocycles. The summed E-state index contributed by atoms with van der Waals surface area (Å²) < 4.78 is 32.3. The minimum absolute atomic E-state index is 0.0174. The highest BCUT2D eigenvalue weighted by molar-refractivity contribution is 7.92. The number of aromatic nitrogens is 2. The van der Waals surface area contributed by atoms with Crippen LogP contribution in [0.4, 0.5) is 16.5 Å². The standard InChI is InChI=1S/C18H19N5O4S/c1-12-13(2)27-18(21-12)23-28(25,26)16-5-3-15(4-6-16)22-17(24)20-11-14-7-9-19-10-8-14/h3-10H,11H2,1-2H3,(H,21,23)(H2,20,22,24). The fraction of sp³-hybridized carbons (Fsp3) is 0.167. The van der Waals surface area contributed by atoms with E-state index in [1.807, 2.05) is 0 Å². The van der Waals surface area contributed by atoms with Crippen molar-refractivity contribution in [1.29, 1.82) is 0 Å².